The number of nitrogens with one attached hydrogen (secondary N) is 1. The molecule has 0 spiro atoms. The van der Waals surface area contributed by atoms with Crippen LogP contribution in [0.15, 0.2) is 48.8 Å². The second-order valence-electron chi connectivity index (χ2n) is 8.15. The van der Waals surface area contributed by atoms with E-state index in [0.717, 1.165) is 12.1 Å². The average molecular weight is 458 g/mol. The summed E-state index contributed by atoms with van der Waals surface area (Å²) in [6, 6.07) is 10.7. The molecule has 0 aliphatic carbocycles. The zero-order valence-electron chi connectivity index (χ0n) is 18.9. The van der Waals surface area contributed by atoms with Gasteiger partial charge in [0.05, 0.1) is 29.0 Å². The summed E-state index contributed by atoms with van der Waals surface area (Å²) in [5, 5.41) is 7.23. The van der Waals surface area contributed by atoms with Crippen LogP contribution in [0.25, 0.3) is 22.0 Å². The molecule has 0 saturated carbocycles. The van der Waals surface area contributed by atoms with Crippen molar-refractivity contribution in [2.75, 3.05) is 16.8 Å². The Morgan fingerprint density at radius 3 is 2.50 bits per heavy atom. The fourth-order valence-electron chi connectivity index (χ4n) is 4.24. The van der Waals surface area contributed by atoms with E-state index in [1.807, 2.05) is 19.1 Å². The molecular formula is C25H23FN6O2. The number of anilines is 2. The molecular weight excluding hydrogens is 435 g/mol. The van der Waals surface area contributed by atoms with Crippen LogP contribution in [0.1, 0.15) is 36.1 Å². The predicted molar refractivity (Wildman–Crippen MR) is 127 cm³/mol. The minimum atomic E-state index is -0.538. The molecule has 8 nitrogen and oxygen atoms in total. The zero-order valence-corrected chi connectivity index (χ0v) is 18.9. The quantitative estimate of drug-likeness (QED) is 0.480. The summed E-state index contributed by atoms with van der Waals surface area (Å²) in [6.45, 7) is 4.80. The molecule has 1 aliphatic rings. The highest BCUT2D eigenvalue weighted by molar-refractivity contribution is 6.12. The molecule has 1 aliphatic heterocycles. The minimum absolute atomic E-state index is 0.00365. The highest BCUT2D eigenvalue weighted by atomic mass is 19.1. The van der Waals surface area contributed by atoms with Gasteiger partial charge in [0.15, 0.2) is 5.69 Å². The van der Waals surface area contributed by atoms with Crippen molar-refractivity contribution < 1.29 is 14.0 Å². The second-order valence-corrected chi connectivity index (χ2v) is 8.15. The van der Waals surface area contributed by atoms with Gasteiger partial charge in [-0.15, -0.1) is 0 Å². The molecule has 2 aromatic heterocycles. The number of carbonyl (C=O) groups excluding carboxylic acids is 2. The van der Waals surface area contributed by atoms with E-state index in [9.17, 15) is 9.59 Å². The average Bonchev–Trinajstić information content (AvgIpc) is 3.45. The number of hydrogen-bond donors (Lipinski definition) is 1. The van der Waals surface area contributed by atoms with Gasteiger partial charge in [0.1, 0.15) is 11.6 Å². The van der Waals surface area contributed by atoms with Crippen molar-refractivity contribution in [2.24, 2.45) is 0 Å². The Balaban J connectivity index is 1.53. The predicted octanol–water partition coefficient (Wildman–Crippen LogP) is 4.34. The number of carbonyl (C=O) groups is 2. The Bertz CT molecular complexity index is 1400. The summed E-state index contributed by atoms with van der Waals surface area (Å²) >= 11 is 0. The van der Waals surface area contributed by atoms with Crippen LogP contribution in [0.5, 0.6) is 0 Å². The number of amides is 2. The highest BCUT2D eigenvalue weighted by Gasteiger charge is 2.24. The lowest BCUT2D eigenvalue weighted by molar-refractivity contribution is -0.117. The Morgan fingerprint density at radius 1 is 1.12 bits per heavy atom. The van der Waals surface area contributed by atoms with Gasteiger partial charge in [0.25, 0.3) is 5.91 Å². The lowest BCUT2D eigenvalue weighted by atomic mass is 10.0. The summed E-state index contributed by atoms with van der Waals surface area (Å²) in [5.74, 6) is -0.382. The SMILES string of the molecule is CCn1nc(C(=O)Nc2cnc(C)nc2)c2c(F)c(-c3ccc(N4CCCC4=O)cc3)ccc21. The molecule has 5 rings (SSSR count). The maximum absolute atomic E-state index is 15.9. The molecule has 2 amide bonds. The molecule has 0 atom stereocenters. The highest BCUT2D eigenvalue weighted by Crippen LogP contribution is 2.33. The Hall–Kier alpha value is -4.14. The smallest absolute Gasteiger partial charge is 0.277 e. The molecule has 1 N–H and O–H groups in total. The first kappa shape index (κ1) is 21.7. The van der Waals surface area contributed by atoms with E-state index in [0.29, 0.717) is 47.7 Å². The Morgan fingerprint density at radius 2 is 1.85 bits per heavy atom. The third-order valence-electron chi connectivity index (χ3n) is 5.97. The third-order valence-corrected chi connectivity index (χ3v) is 5.97. The van der Waals surface area contributed by atoms with Crippen molar-refractivity contribution in [2.45, 2.75) is 33.2 Å². The van der Waals surface area contributed by atoms with E-state index in [1.165, 1.54) is 12.4 Å². The fraction of sp³-hybridized carbons (Fsp3) is 0.240. The number of fused-ring (bicyclic) bond motifs is 1. The van der Waals surface area contributed by atoms with Gasteiger partial charge >= 0.3 is 0 Å². The first-order chi connectivity index (χ1) is 16.5. The summed E-state index contributed by atoms with van der Waals surface area (Å²) in [5.41, 5.74) is 2.74. The van der Waals surface area contributed by atoms with E-state index >= 15 is 4.39 Å². The maximum Gasteiger partial charge on any atom is 0.277 e. The van der Waals surface area contributed by atoms with Crippen LogP contribution in [0.3, 0.4) is 0 Å². The molecule has 3 heterocycles. The third kappa shape index (κ3) is 3.79. The summed E-state index contributed by atoms with van der Waals surface area (Å²) in [4.78, 5) is 34.9. The fourth-order valence-corrected chi connectivity index (χ4v) is 4.24. The van der Waals surface area contributed by atoms with E-state index in [1.54, 1.807) is 40.8 Å². The van der Waals surface area contributed by atoms with Crippen LogP contribution >= 0.6 is 0 Å². The monoisotopic (exact) mass is 458 g/mol. The van der Waals surface area contributed by atoms with Crippen LogP contribution < -0.4 is 10.2 Å². The van der Waals surface area contributed by atoms with Gasteiger partial charge < -0.3 is 10.2 Å². The number of nitrogens with zero attached hydrogens (tertiary/aromatic N) is 5. The molecule has 0 bridgehead atoms. The van der Waals surface area contributed by atoms with Crippen LogP contribution in [0, 0.1) is 12.7 Å². The lowest BCUT2D eigenvalue weighted by Crippen LogP contribution is -2.23. The molecule has 0 radical (unpaired) electrons. The van der Waals surface area contributed by atoms with Gasteiger partial charge in [-0.3, -0.25) is 14.3 Å². The van der Waals surface area contributed by atoms with Crippen molar-refractivity contribution in [3.05, 3.63) is 66.1 Å². The molecule has 2 aromatic carbocycles. The van der Waals surface area contributed by atoms with Crippen LogP contribution in [-0.4, -0.2) is 38.1 Å². The normalized spacial score (nSPS) is 13.6. The number of halogens is 1. The molecule has 4 aromatic rings. The number of aryl methyl sites for hydroxylation is 2. The van der Waals surface area contributed by atoms with Gasteiger partial charge in [-0.1, -0.05) is 12.1 Å². The minimum Gasteiger partial charge on any atom is -0.318 e. The van der Waals surface area contributed by atoms with Crippen molar-refractivity contribution in [1.29, 1.82) is 0 Å². The molecule has 1 saturated heterocycles. The molecule has 0 unspecified atom stereocenters. The van der Waals surface area contributed by atoms with Crippen LogP contribution in [-0.2, 0) is 11.3 Å². The summed E-state index contributed by atoms with van der Waals surface area (Å²) < 4.78 is 17.5. The van der Waals surface area contributed by atoms with Crippen molar-refractivity contribution in [3.8, 4) is 11.1 Å². The van der Waals surface area contributed by atoms with Gasteiger partial charge in [-0.05, 0) is 50.1 Å². The Labute approximate surface area is 195 Å². The van der Waals surface area contributed by atoms with E-state index in [2.05, 4.69) is 20.4 Å². The number of aromatic nitrogens is 4. The standard InChI is InChI=1S/C25H23FN6O2/c1-3-32-20-11-10-19(16-6-8-18(9-7-16)31-12-4-5-21(31)33)23(26)22(20)24(30-32)25(34)29-17-13-27-15(2)28-14-17/h6-11,13-14H,3-5,12H2,1-2H3,(H,29,34). The first-order valence-electron chi connectivity index (χ1n) is 11.2. The first-order valence-corrected chi connectivity index (χ1v) is 11.2. The lowest BCUT2D eigenvalue weighted by Gasteiger charge is -2.16. The van der Waals surface area contributed by atoms with E-state index in [-0.39, 0.29) is 17.0 Å². The summed E-state index contributed by atoms with van der Waals surface area (Å²) in [6.07, 6.45) is 4.38. The molecule has 9 heteroatoms. The van der Waals surface area contributed by atoms with Crippen molar-refractivity contribution in [3.63, 3.8) is 0 Å². The number of rotatable bonds is 5. The van der Waals surface area contributed by atoms with E-state index < -0.39 is 11.7 Å². The van der Waals surface area contributed by atoms with Crippen molar-refractivity contribution >= 4 is 34.1 Å². The van der Waals surface area contributed by atoms with Crippen LogP contribution in [0.2, 0.25) is 0 Å². The summed E-state index contributed by atoms with van der Waals surface area (Å²) in [7, 11) is 0. The second kappa shape index (κ2) is 8.66. The Kier molecular flexibility index (Phi) is 5.53. The maximum atomic E-state index is 15.9. The zero-order chi connectivity index (χ0) is 23.8. The molecule has 172 valence electrons. The molecule has 34 heavy (non-hydrogen) atoms. The van der Waals surface area contributed by atoms with Gasteiger partial charge in [0.2, 0.25) is 5.91 Å². The molecule has 1 fully saturated rings. The van der Waals surface area contributed by atoms with Gasteiger partial charge in [-0.25, -0.2) is 14.4 Å². The van der Waals surface area contributed by atoms with Crippen molar-refractivity contribution in [1.82, 2.24) is 19.7 Å². The number of benzene rings is 2. The van der Waals surface area contributed by atoms with Crippen LogP contribution in [0.4, 0.5) is 15.8 Å². The largest absolute Gasteiger partial charge is 0.318 e. The van der Waals surface area contributed by atoms with Gasteiger partial charge in [-0.2, -0.15) is 5.10 Å². The number of hydrogen-bond acceptors (Lipinski definition) is 5. The van der Waals surface area contributed by atoms with Gasteiger partial charge in [0, 0.05) is 30.8 Å². The topological polar surface area (TPSA) is 93.0 Å². The van der Waals surface area contributed by atoms with E-state index in [4.69, 9.17) is 0 Å².